The largest absolute Gasteiger partial charge is 0.356 e. The van der Waals surface area contributed by atoms with Crippen molar-refractivity contribution < 1.29 is 13.3 Å². The Balaban J connectivity index is 1.79. The Kier molecular flexibility index (Phi) is 14.7. The van der Waals surface area contributed by atoms with Gasteiger partial charge in [0, 0.05) is 19.4 Å². The number of oxime groups is 1. The molecule has 0 saturated carbocycles. The highest BCUT2D eigenvalue weighted by atomic mass is 32.2. The normalized spacial score (nSPS) is 16.2. The molecule has 27 heavy (non-hydrogen) atoms. The number of nitrogens with zero attached hydrogens (tertiary/aromatic N) is 1. The minimum absolute atomic E-state index is 0.207. The molecule has 1 atom stereocenters. The minimum Gasteiger partial charge on any atom is -0.356 e. The van der Waals surface area contributed by atoms with E-state index in [1.165, 1.54) is 25.7 Å². The van der Waals surface area contributed by atoms with Gasteiger partial charge in [0.2, 0.25) is 5.91 Å². The van der Waals surface area contributed by atoms with Crippen molar-refractivity contribution in [1.82, 2.24) is 10.0 Å². The zero-order chi connectivity index (χ0) is 19.6. The number of carbonyl (C=O) groups is 1. The average Bonchev–Trinajstić information content (AvgIpc) is 3.08. The monoisotopic (exact) mass is 399 g/mol. The van der Waals surface area contributed by atoms with E-state index in [0.29, 0.717) is 12.3 Å². The Morgan fingerprint density at radius 1 is 1.04 bits per heavy atom. The first kappa shape index (κ1) is 23.7. The van der Waals surface area contributed by atoms with E-state index in [0.717, 1.165) is 64.3 Å². The molecule has 2 N–H and O–H groups in total. The molecule has 1 aliphatic rings. The number of amidine groups is 1. The van der Waals surface area contributed by atoms with Crippen LogP contribution in [-0.4, -0.2) is 22.5 Å². The molecular weight excluding hydrogens is 362 g/mol. The first-order chi connectivity index (χ1) is 13.2. The van der Waals surface area contributed by atoms with Crippen LogP contribution < -0.4 is 10.0 Å². The van der Waals surface area contributed by atoms with E-state index >= 15 is 0 Å². The highest BCUT2D eigenvalue weighted by Crippen LogP contribution is 2.09. The quantitative estimate of drug-likeness (QED) is 0.276. The molecule has 0 aliphatic carbocycles. The lowest BCUT2D eigenvalue weighted by Crippen LogP contribution is -2.23. The zero-order valence-electron chi connectivity index (χ0n) is 16.8. The maximum absolute atomic E-state index is 11.6. The van der Waals surface area contributed by atoms with Crippen LogP contribution >= 0.6 is 0 Å². The fourth-order valence-corrected chi connectivity index (χ4v) is 3.40. The van der Waals surface area contributed by atoms with Crippen molar-refractivity contribution >= 4 is 23.0 Å². The molecule has 156 valence electrons. The third kappa shape index (κ3) is 14.4. The number of allylic oxidation sites excluding steroid dienone is 2. The average molecular weight is 400 g/mol. The Bertz CT molecular complexity index is 481. The number of hydrogen-bond acceptors (Lipinski definition) is 4. The van der Waals surface area contributed by atoms with Crippen molar-refractivity contribution in [3.05, 3.63) is 12.2 Å². The molecule has 0 radical (unpaired) electrons. The van der Waals surface area contributed by atoms with Crippen LogP contribution in [0.3, 0.4) is 0 Å². The van der Waals surface area contributed by atoms with Gasteiger partial charge in [0.1, 0.15) is 0 Å². The topological polar surface area (TPSA) is 79.8 Å². The van der Waals surface area contributed by atoms with Crippen molar-refractivity contribution in [3.63, 3.8) is 0 Å². The maximum atomic E-state index is 11.6. The summed E-state index contributed by atoms with van der Waals surface area (Å²) in [5.74, 6) is 0.902. The van der Waals surface area contributed by atoms with Gasteiger partial charge in [0.05, 0.1) is 0 Å². The predicted octanol–water partition coefficient (Wildman–Crippen LogP) is 4.65. The van der Waals surface area contributed by atoms with Crippen molar-refractivity contribution in [1.29, 1.82) is 0 Å². The van der Waals surface area contributed by atoms with Crippen LogP contribution in [0.1, 0.15) is 96.8 Å². The second-order valence-corrected chi connectivity index (χ2v) is 7.85. The lowest BCUT2D eigenvalue weighted by molar-refractivity contribution is -0.121. The minimum atomic E-state index is -1.46. The van der Waals surface area contributed by atoms with Gasteiger partial charge in [-0.05, 0) is 44.9 Å². The van der Waals surface area contributed by atoms with E-state index in [-0.39, 0.29) is 5.91 Å². The number of hydrogen-bond donors (Lipinski definition) is 2. The molecule has 0 spiro atoms. The van der Waals surface area contributed by atoms with E-state index in [9.17, 15) is 9.00 Å². The molecule has 0 aromatic rings. The van der Waals surface area contributed by atoms with Crippen molar-refractivity contribution in [2.45, 2.75) is 96.8 Å². The molecule has 1 aliphatic heterocycles. The van der Waals surface area contributed by atoms with E-state index in [2.05, 4.69) is 38.6 Å². The fourth-order valence-electron chi connectivity index (χ4n) is 2.87. The molecule has 0 saturated heterocycles. The van der Waals surface area contributed by atoms with Gasteiger partial charge in [0.15, 0.2) is 5.84 Å². The van der Waals surface area contributed by atoms with Gasteiger partial charge in [-0.1, -0.05) is 56.3 Å². The molecule has 0 aromatic carbocycles. The summed E-state index contributed by atoms with van der Waals surface area (Å²) in [5, 5.41) is 6.72. The molecule has 1 unspecified atom stereocenters. The Hall–Kier alpha value is -1.37. The molecule has 0 aromatic heterocycles. The van der Waals surface area contributed by atoms with Crippen LogP contribution in [0.25, 0.3) is 0 Å². The predicted molar refractivity (Wildman–Crippen MR) is 112 cm³/mol. The molecule has 1 heterocycles. The van der Waals surface area contributed by atoms with Gasteiger partial charge in [-0.15, -0.1) is 0 Å². The van der Waals surface area contributed by atoms with E-state index in [1.54, 1.807) is 0 Å². The number of rotatable bonds is 17. The summed E-state index contributed by atoms with van der Waals surface area (Å²) in [7, 11) is 0. The first-order valence-electron chi connectivity index (χ1n) is 10.6. The number of amides is 1. The van der Waals surface area contributed by atoms with Gasteiger partial charge in [-0.2, -0.15) is 4.21 Å². The summed E-state index contributed by atoms with van der Waals surface area (Å²) >= 11 is -1.46. The van der Waals surface area contributed by atoms with Gasteiger partial charge < -0.3 is 5.32 Å². The van der Waals surface area contributed by atoms with Gasteiger partial charge >= 0.3 is 11.3 Å². The molecule has 1 amide bonds. The highest BCUT2D eigenvalue weighted by molar-refractivity contribution is 7.79. The van der Waals surface area contributed by atoms with E-state index in [4.69, 9.17) is 0 Å². The zero-order valence-corrected chi connectivity index (χ0v) is 17.7. The lowest BCUT2D eigenvalue weighted by atomic mass is 10.1. The number of carbonyl (C=O) groups excluding carboxylic acids is 1. The second kappa shape index (κ2) is 16.8. The molecule has 0 bridgehead atoms. The summed E-state index contributed by atoms with van der Waals surface area (Å²) in [6, 6.07) is 0. The van der Waals surface area contributed by atoms with Gasteiger partial charge in [-0.25, -0.2) is 0 Å². The molecule has 6 nitrogen and oxygen atoms in total. The summed E-state index contributed by atoms with van der Waals surface area (Å²) in [4.78, 5) is 11.6. The Labute approximate surface area is 167 Å². The molecular formula is C20H37N3O3S. The first-order valence-corrected chi connectivity index (χ1v) is 11.6. The molecule has 1 rings (SSSR count). The highest BCUT2D eigenvalue weighted by Gasteiger charge is 2.12. The Morgan fingerprint density at radius 2 is 1.74 bits per heavy atom. The van der Waals surface area contributed by atoms with Crippen LogP contribution in [0, 0.1) is 0 Å². The van der Waals surface area contributed by atoms with Crippen LogP contribution in [0.5, 0.6) is 0 Å². The van der Waals surface area contributed by atoms with E-state index < -0.39 is 11.3 Å². The van der Waals surface area contributed by atoms with Crippen LogP contribution in [-0.2, 0) is 20.3 Å². The van der Waals surface area contributed by atoms with Gasteiger partial charge in [-0.3, -0.25) is 13.8 Å². The van der Waals surface area contributed by atoms with Crippen molar-refractivity contribution in [3.8, 4) is 0 Å². The maximum Gasteiger partial charge on any atom is 0.338 e. The van der Waals surface area contributed by atoms with Crippen LogP contribution in [0.15, 0.2) is 17.3 Å². The summed E-state index contributed by atoms with van der Waals surface area (Å²) in [6.45, 7) is 2.99. The summed E-state index contributed by atoms with van der Waals surface area (Å²) in [6.07, 6.45) is 19.6. The third-order valence-corrected chi connectivity index (χ3v) is 5.11. The van der Waals surface area contributed by atoms with Crippen molar-refractivity contribution in [2.75, 3.05) is 6.54 Å². The van der Waals surface area contributed by atoms with Gasteiger partial charge in [0.25, 0.3) is 0 Å². The smallest absolute Gasteiger partial charge is 0.338 e. The Morgan fingerprint density at radius 3 is 2.44 bits per heavy atom. The standard InChI is InChI=1S/C20H37N3O3S/c1-2-3-4-14-17-20(24)21-18-15-12-10-8-6-5-7-9-11-13-16-19-22-26-27(25)23-19/h6,8H,2-5,7,9-18H2,1H3,(H,21,24)(H,22,23)/b8-6-. The van der Waals surface area contributed by atoms with Crippen LogP contribution in [0.2, 0.25) is 0 Å². The van der Waals surface area contributed by atoms with E-state index in [1.807, 2.05) is 0 Å². The summed E-state index contributed by atoms with van der Waals surface area (Å²) in [5.41, 5.74) is 0. The molecule has 0 fully saturated rings. The fraction of sp³-hybridized carbons (Fsp3) is 0.800. The lowest BCUT2D eigenvalue weighted by Gasteiger charge is -2.04. The number of unbranched alkanes of at least 4 members (excludes halogenated alkanes) is 9. The third-order valence-electron chi connectivity index (χ3n) is 4.49. The molecule has 7 heteroatoms. The van der Waals surface area contributed by atoms with Crippen molar-refractivity contribution in [2.24, 2.45) is 5.16 Å². The van der Waals surface area contributed by atoms with Crippen LogP contribution in [0.4, 0.5) is 0 Å². The number of nitrogens with one attached hydrogen (secondary N) is 2. The summed E-state index contributed by atoms with van der Waals surface area (Å²) < 4.78 is 18.2. The second-order valence-electron chi connectivity index (χ2n) is 7.03. The SMILES string of the molecule is CCCCCCC(=O)NCCCC/C=C\CCCCCCC1=NOS(=O)N1.